The number of aromatic nitrogens is 1. The Morgan fingerprint density at radius 1 is 0.727 bits per heavy atom. The molecule has 0 N–H and O–H groups in total. The summed E-state index contributed by atoms with van der Waals surface area (Å²) in [5.74, 6) is 0.456. The van der Waals surface area contributed by atoms with Gasteiger partial charge in [-0.3, -0.25) is 4.98 Å². The van der Waals surface area contributed by atoms with Crippen molar-refractivity contribution in [1.82, 2.24) is 4.98 Å². The summed E-state index contributed by atoms with van der Waals surface area (Å²) in [6, 6.07) is 27.8. The molecule has 110 valence electrons. The molecule has 3 rings (SSSR count). The zero-order valence-electron chi connectivity index (χ0n) is 12.9. The van der Waals surface area contributed by atoms with Crippen LogP contribution in [0.2, 0.25) is 0 Å². The van der Waals surface area contributed by atoms with E-state index in [1.807, 2.05) is 0 Å². The van der Waals surface area contributed by atoms with Crippen LogP contribution in [0, 0.1) is 6.92 Å². The molecule has 22 heavy (non-hydrogen) atoms. The van der Waals surface area contributed by atoms with Crippen LogP contribution in [0.15, 0.2) is 78.9 Å². The van der Waals surface area contributed by atoms with Crippen LogP contribution in [0.25, 0.3) is 0 Å². The van der Waals surface area contributed by atoms with E-state index in [0.29, 0.717) is 5.92 Å². The smallest absolute Gasteiger partial charge is 0.0413 e. The second-order valence-electron chi connectivity index (χ2n) is 5.77. The molecule has 1 heteroatoms. The first-order chi connectivity index (χ1) is 10.8. The third-order valence-corrected chi connectivity index (χ3v) is 4.00. The summed E-state index contributed by atoms with van der Waals surface area (Å²) in [6.07, 6.45) is 2.01. The molecular weight excluding hydrogens is 266 g/mol. The third-order valence-electron chi connectivity index (χ3n) is 4.00. The molecule has 0 aliphatic rings. The zero-order chi connectivity index (χ0) is 15.2. The van der Waals surface area contributed by atoms with Gasteiger partial charge in [-0.05, 0) is 48.9 Å². The summed E-state index contributed by atoms with van der Waals surface area (Å²) < 4.78 is 0. The molecule has 0 saturated heterocycles. The lowest BCUT2D eigenvalue weighted by Crippen LogP contribution is -2.08. The van der Waals surface area contributed by atoms with Crippen molar-refractivity contribution in [2.75, 3.05) is 0 Å². The van der Waals surface area contributed by atoms with Crippen LogP contribution < -0.4 is 0 Å². The Morgan fingerprint density at radius 3 is 2.09 bits per heavy atom. The highest BCUT2D eigenvalue weighted by Gasteiger charge is 2.14. The molecule has 0 aliphatic carbocycles. The quantitative estimate of drug-likeness (QED) is 0.646. The van der Waals surface area contributed by atoms with Gasteiger partial charge in [-0.15, -0.1) is 0 Å². The molecule has 0 aliphatic heterocycles. The van der Waals surface area contributed by atoms with Crippen LogP contribution in [-0.4, -0.2) is 4.98 Å². The van der Waals surface area contributed by atoms with E-state index in [1.54, 1.807) is 0 Å². The van der Waals surface area contributed by atoms with E-state index in [-0.39, 0.29) is 0 Å². The van der Waals surface area contributed by atoms with Gasteiger partial charge in [-0.25, -0.2) is 0 Å². The predicted octanol–water partition coefficient (Wildman–Crippen LogP) is 4.96. The number of benzene rings is 2. The summed E-state index contributed by atoms with van der Waals surface area (Å²) in [5.41, 5.74) is 5.02. The van der Waals surface area contributed by atoms with Crippen molar-refractivity contribution in [2.45, 2.75) is 25.7 Å². The first-order valence-electron chi connectivity index (χ1n) is 7.82. The molecular formula is C21H21N. The predicted molar refractivity (Wildman–Crippen MR) is 92.0 cm³/mol. The Labute approximate surface area is 132 Å². The summed E-state index contributed by atoms with van der Waals surface area (Å²) in [6.45, 7) is 2.05. The van der Waals surface area contributed by atoms with Gasteiger partial charge in [0.25, 0.3) is 0 Å². The maximum atomic E-state index is 4.68. The van der Waals surface area contributed by atoms with E-state index in [2.05, 4.69) is 90.8 Å². The highest BCUT2D eigenvalue weighted by molar-refractivity contribution is 5.26. The van der Waals surface area contributed by atoms with Gasteiger partial charge < -0.3 is 0 Å². The molecule has 0 bridgehead atoms. The highest BCUT2D eigenvalue weighted by atomic mass is 14.7. The second kappa shape index (κ2) is 7.04. The lowest BCUT2D eigenvalue weighted by atomic mass is 9.88. The first-order valence-corrected chi connectivity index (χ1v) is 7.82. The van der Waals surface area contributed by atoms with Crippen molar-refractivity contribution < 1.29 is 0 Å². The van der Waals surface area contributed by atoms with Crippen molar-refractivity contribution in [3.05, 3.63) is 101 Å². The summed E-state index contributed by atoms with van der Waals surface area (Å²) in [4.78, 5) is 4.68. The second-order valence-corrected chi connectivity index (χ2v) is 5.77. The van der Waals surface area contributed by atoms with E-state index in [9.17, 15) is 0 Å². The fourth-order valence-corrected chi connectivity index (χ4v) is 2.90. The average Bonchev–Trinajstić information content (AvgIpc) is 2.56. The van der Waals surface area contributed by atoms with Gasteiger partial charge in [0.15, 0.2) is 0 Å². The molecule has 0 unspecified atom stereocenters. The van der Waals surface area contributed by atoms with Gasteiger partial charge >= 0.3 is 0 Å². The Balaban J connectivity index is 1.86. The van der Waals surface area contributed by atoms with Crippen LogP contribution in [-0.2, 0) is 12.8 Å². The maximum Gasteiger partial charge on any atom is 0.0413 e. The van der Waals surface area contributed by atoms with E-state index in [4.69, 9.17) is 0 Å². The molecule has 0 spiro atoms. The Hall–Kier alpha value is -2.41. The largest absolute Gasteiger partial charge is 0.258 e. The van der Waals surface area contributed by atoms with Crippen LogP contribution in [0.5, 0.6) is 0 Å². The number of hydrogen-bond donors (Lipinski definition) is 0. The van der Waals surface area contributed by atoms with Crippen molar-refractivity contribution in [1.29, 1.82) is 0 Å². The van der Waals surface area contributed by atoms with Crippen LogP contribution >= 0.6 is 0 Å². The molecule has 0 saturated carbocycles. The normalized spacial score (nSPS) is 12.0. The fourth-order valence-electron chi connectivity index (χ4n) is 2.90. The van der Waals surface area contributed by atoms with Crippen molar-refractivity contribution in [2.24, 2.45) is 0 Å². The number of rotatable bonds is 5. The van der Waals surface area contributed by atoms with E-state index < -0.39 is 0 Å². The molecule has 0 fully saturated rings. The van der Waals surface area contributed by atoms with Crippen molar-refractivity contribution >= 4 is 0 Å². The molecule has 1 aromatic heterocycles. The molecule has 3 aromatic rings. The van der Waals surface area contributed by atoms with Gasteiger partial charge in [-0.1, -0.05) is 66.7 Å². The van der Waals surface area contributed by atoms with E-state index in [1.165, 1.54) is 16.8 Å². The number of pyridine rings is 1. The summed E-state index contributed by atoms with van der Waals surface area (Å²) in [7, 11) is 0. The molecule has 1 heterocycles. The third kappa shape index (κ3) is 3.82. The highest BCUT2D eigenvalue weighted by Crippen LogP contribution is 2.24. The molecule has 0 amide bonds. The summed E-state index contributed by atoms with van der Waals surface area (Å²) >= 11 is 0. The lowest BCUT2D eigenvalue weighted by Gasteiger charge is -2.17. The van der Waals surface area contributed by atoms with Gasteiger partial charge in [0.2, 0.25) is 0 Å². The van der Waals surface area contributed by atoms with Gasteiger partial charge in [0.1, 0.15) is 0 Å². The SMILES string of the molecule is Cc1cccc(C[C@H](Cc2ccccc2)c2ccccc2)n1. The van der Waals surface area contributed by atoms with Gasteiger partial charge in [0.05, 0.1) is 0 Å². The minimum absolute atomic E-state index is 0.456. The molecule has 0 radical (unpaired) electrons. The number of hydrogen-bond acceptors (Lipinski definition) is 1. The monoisotopic (exact) mass is 287 g/mol. The zero-order valence-corrected chi connectivity index (χ0v) is 12.9. The van der Waals surface area contributed by atoms with E-state index >= 15 is 0 Å². The number of aryl methyl sites for hydroxylation is 1. The fraction of sp³-hybridized carbons (Fsp3) is 0.190. The Morgan fingerprint density at radius 2 is 1.41 bits per heavy atom. The van der Waals surface area contributed by atoms with Crippen LogP contribution in [0.1, 0.15) is 28.4 Å². The Bertz CT molecular complexity index is 704. The van der Waals surface area contributed by atoms with Crippen molar-refractivity contribution in [3.8, 4) is 0 Å². The minimum atomic E-state index is 0.456. The molecule has 1 nitrogen and oxygen atoms in total. The summed E-state index contributed by atoms with van der Waals surface area (Å²) in [5, 5.41) is 0. The van der Waals surface area contributed by atoms with Gasteiger partial charge in [0, 0.05) is 11.4 Å². The average molecular weight is 287 g/mol. The molecule has 1 atom stereocenters. The van der Waals surface area contributed by atoms with Crippen LogP contribution in [0.4, 0.5) is 0 Å². The van der Waals surface area contributed by atoms with Crippen molar-refractivity contribution in [3.63, 3.8) is 0 Å². The molecule has 2 aromatic carbocycles. The van der Waals surface area contributed by atoms with Gasteiger partial charge in [-0.2, -0.15) is 0 Å². The Kier molecular flexibility index (Phi) is 4.65. The maximum absolute atomic E-state index is 4.68. The first kappa shape index (κ1) is 14.5. The van der Waals surface area contributed by atoms with E-state index in [0.717, 1.165) is 18.5 Å². The topological polar surface area (TPSA) is 12.9 Å². The lowest BCUT2D eigenvalue weighted by molar-refractivity contribution is 0.667. The standard InChI is InChI=1S/C21H21N/c1-17-9-8-14-21(22-17)16-20(19-12-6-3-7-13-19)15-18-10-4-2-5-11-18/h2-14,20H,15-16H2,1H3/t20-/m0/s1. The van der Waals surface area contributed by atoms with Crippen LogP contribution in [0.3, 0.4) is 0 Å². The number of nitrogens with zero attached hydrogens (tertiary/aromatic N) is 1. The minimum Gasteiger partial charge on any atom is -0.258 e.